The summed E-state index contributed by atoms with van der Waals surface area (Å²) >= 11 is 0. The van der Waals surface area contributed by atoms with Gasteiger partial charge in [-0.3, -0.25) is 0 Å². The quantitative estimate of drug-likeness (QED) is 0.659. The third kappa shape index (κ3) is 5.13. The highest BCUT2D eigenvalue weighted by molar-refractivity contribution is 5.74. The van der Waals surface area contributed by atoms with Crippen LogP contribution < -0.4 is 0 Å². The highest BCUT2D eigenvalue weighted by atomic mass is 16.6. The Bertz CT molecular complexity index is 146. The van der Waals surface area contributed by atoms with E-state index in [0.29, 0.717) is 6.42 Å². The zero-order valence-corrected chi connectivity index (χ0v) is 8.26. The van der Waals surface area contributed by atoms with E-state index in [1.807, 2.05) is 6.92 Å². The third-order valence-electron chi connectivity index (χ3n) is 1.24. The van der Waals surface area contributed by atoms with Gasteiger partial charge in [-0.15, -0.1) is 0 Å². The maximum absolute atomic E-state index is 11.1. The van der Waals surface area contributed by atoms with Crippen LogP contribution in [0, 0.1) is 0 Å². The van der Waals surface area contributed by atoms with E-state index in [9.17, 15) is 9.90 Å². The van der Waals surface area contributed by atoms with Gasteiger partial charge >= 0.3 is 5.97 Å². The van der Waals surface area contributed by atoms with Crippen LogP contribution in [-0.4, -0.2) is 22.8 Å². The number of aliphatic hydroxyl groups excluding tert-OH is 1. The minimum Gasteiger partial charge on any atom is -0.458 e. The van der Waals surface area contributed by atoms with E-state index < -0.39 is 17.7 Å². The molecule has 0 aromatic heterocycles. The fraction of sp³-hybridized carbons (Fsp3) is 0.889. The second kappa shape index (κ2) is 4.45. The molecule has 0 unspecified atom stereocenters. The van der Waals surface area contributed by atoms with Crippen molar-refractivity contribution in [3.8, 4) is 0 Å². The lowest BCUT2D eigenvalue weighted by Gasteiger charge is -2.21. The van der Waals surface area contributed by atoms with Crippen molar-refractivity contribution in [1.29, 1.82) is 0 Å². The van der Waals surface area contributed by atoms with Crippen molar-refractivity contribution < 1.29 is 14.6 Å². The van der Waals surface area contributed by atoms with Gasteiger partial charge in [0.25, 0.3) is 0 Å². The largest absolute Gasteiger partial charge is 0.458 e. The maximum Gasteiger partial charge on any atom is 0.335 e. The molecule has 0 radical (unpaired) electrons. The van der Waals surface area contributed by atoms with Crippen molar-refractivity contribution >= 4 is 5.97 Å². The monoisotopic (exact) mass is 174 g/mol. The molecule has 0 saturated carbocycles. The zero-order chi connectivity index (χ0) is 9.78. The van der Waals surface area contributed by atoms with Gasteiger partial charge in [-0.2, -0.15) is 0 Å². The Hall–Kier alpha value is -0.570. The Morgan fingerprint density at radius 1 is 1.50 bits per heavy atom. The summed E-state index contributed by atoms with van der Waals surface area (Å²) in [5, 5.41) is 9.21. The number of ether oxygens (including phenoxy) is 1. The topological polar surface area (TPSA) is 46.5 Å². The molecule has 0 rings (SSSR count). The van der Waals surface area contributed by atoms with Crippen LogP contribution in [0.25, 0.3) is 0 Å². The molecule has 3 heteroatoms. The van der Waals surface area contributed by atoms with E-state index in [1.54, 1.807) is 20.8 Å². The molecule has 0 fully saturated rings. The number of hydrogen-bond donors (Lipinski definition) is 1. The minimum atomic E-state index is -0.964. The van der Waals surface area contributed by atoms with Crippen LogP contribution in [0.1, 0.15) is 40.5 Å². The van der Waals surface area contributed by atoms with E-state index >= 15 is 0 Å². The molecule has 0 aliphatic carbocycles. The van der Waals surface area contributed by atoms with Gasteiger partial charge in [-0.1, -0.05) is 13.3 Å². The second-order valence-electron chi connectivity index (χ2n) is 3.84. The van der Waals surface area contributed by atoms with Crippen molar-refractivity contribution in [3.63, 3.8) is 0 Å². The van der Waals surface area contributed by atoms with E-state index in [1.165, 1.54) is 0 Å². The Labute approximate surface area is 73.7 Å². The molecule has 0 aromatic rings. The summed E-state index contributed by atoms with van der Waals surface area (Å²) in [6.07, 6.45) is 0.282. The first-order chi connectivity index (χ1) is 5.37. The molecule has 0 saturated heterocycles. The van der Waals surface area contributed by atoms with Gasteiger partial charge in [-0.25, -0.2) is 4.79 Å². The van der Waals surface area contributed by atoms with Gasteiger partial charge < -0.3 is 9.84 Å². The van der Waals surface area contributed by atoms with Crippen molar-refractivity contribution in [2.24, 2.45) is 0 Å². The van der Waals surface area contributed by atoms with Crippen LogP contribution in [0.5, 0.6) is 0 Å². The molecular formula is C9H18O3. The lowest BCUT2D eigenvalue weighted by molar-refractivity contribution is -0.165. The molecule has 0 bridgehead atoms. The minimum absolute atomic E-state index is 0.467. The van der Waals surface area contributed by atoms with Crippen LogP contribution in [-0.2, 0) is 9.53 Å². The number of hydrogen-bond acceptors (Lipinski definition) is 3. The normalized spacial score (nSPS) is 14.1. The molecule has 0 amide bonds. The van der Waals surface area contributed by atoms with Gasteiger partial charge in [0.2, 0.25) is 0 Å². The lowest BCUT2D eigenvalue weighted by atomic mass is 10.1. The van der Waals surface area contributed by atoms with Gasteiger partial charge in [0, 0.05) is 0 Å². The number of rotatable bonds is 3. The number of carbonyl (C=O) groups is 1. The van der Waals surface area contributed by atoms with E-state index in [-0.39, 0.29) is 0 Å². The van der Waals surface area contributed by atoms with E-state index in [0.717, 1.165) is 6.42 Å². The van der Waals surface area contributed by atoms with Crippen molar-refractivity contribution in [2.75, 3.05) is 0 Å². The first-order valence-corrected chi connectivity index (χ1v) is 4.27. The van der Waals surface area contributed by atoms with E-state index in [2.05, 4.69) is 0 Å². The average molecular weight is 174 g/mol. The first kappa shape index (κ1) is 11.4. The zero-order valence-electron chi connectivity index (χ0n) is 8.26. The first-order valence-electron chi connectivity index (χ1n) is 4.27. The van der Waals surface area contributed by atoms with Crippen LogP contribution in [0.2, 0.25) is 0 Å². The molecule has 12 heavy (non-hydrogen) atoms. The van der Waals surface area contributed by atoms with Gasteiger partial charge in [0.05, 0.1) is 0 Å². The van der Waals surface area contributed by atoms with Crippen molar-refractivity contribution in [3.05, 3.63) is 0 Å². The molecule has 1 N–H and O–H groups in total. The predicted molar refractivity (Wildman–Crippen MR) is 46.8 cm³/mol. The number of aliphatic hydroxyl groups is 1. The number of esters is 1. The third-order valence-corrected chi connectivity index (χ3v) is 1.24. The van der Waals surface area contributed by atoms with Crippen LogP contribution >= 0.6 is 0 Å². The summed E-state index contributed by atoms with van der Waals surface area (Å²) in [4.78, 5) is 11.1. The fourth-order valence-electron chi connectivity index (χ4n) is 0.761. The molecule has 0 heterocycles. The highest BCUT2D eigenvalue weighted by Gasteiger charge is 2.21. The van der Waals surface area contributed by atoms with Gasteiger partial charge in [-0.05, 0) is 27.2 Å². The van der Waals surface area contributed by atoms with Crippen LogP contribution in [0.4, 0.5) is 0 Å². The highest BCUT2D eigenvalue weighted by Crippen LogP contribution is 2.10. The Morgan fingerprint density at radius 3 is 2.33 bits per heavy atom. The molecule has 0 aromatic carbocycles. The summed E-state index contributed by atoms with van der Waals surface area (Å²) < 4.78 is 4.96. The summed E-state index contributed by atoms with van der Waals surface area (Å²) in [6.45, 7) is 7.25. The summed E-state index contributed by atoms with van der Waals surface area (Å²) in [7, 11) is 0. The smallest absolute Gasteiger partial charge is 0.335 e. The Balaban J connectivity index is 3.87. The van der Waals surface area contributed by atoms with Crippen molar-refractivity contribution in [1.82, 2.24) is 0 Å². The summed E-state index contributed by atoms with van der Waals surface area (Å²) in [5.74, 6) is -0.524. The molecule has 1 atom stereocenters. The number of carbonyl (C=O) groups excluding carboxylic acids is 1. The average Bonchev–Trinajstić information content (AvgIpc) is 1.84. The molecule has 72 valence electrons. The molecule has 0 aliphatic rings. The van der Waals surface area contributed by atoms with E-state index in [4.69, 9.17) is 4.74 Å². The second-order valence-corrected chi connectivity index (χ2v) is 3.84. The van der Waals surface area contributed by atoms with Gasteiger partial charge in [0.1, 0.15) is 5.60 Å². The van der Waals surface area contributed by atoms with Crippen molar-refractivity contribution in [2.45, 2.75) is 52.2 Å². The van der Waals surface area contributed by atoms with Crippen LogP contribution in [0.15, 0.2) is 0 Å². The molecule has 0 aliphatic heterocycles. The Kier molecular flexibility index (Phi) is 4.24. The Morgan fingerprint density at radius 2 is 2.00 bits per heavy atom. The SMILES string of the molecule is CCC[C@@H](O)C(=O)OC(C)(C)C. The standard InChI is InChI=1S/C9H18O3/c1-5-6-7(10)8(11)12-9(2,3)4/h7,10H,5-6H2,1-4H3/t7-/m1/s1. The fourth-order valence-corrected chi connectivity index (χ4v) is 0.761. The molecular weight excluding hydrogens is 156 g/mol. The molecule has 3 nitrogen and oxygen atoms in total. The van der Waals surface area contributed by atoms with Crippen LogP contribution in [0.3, 0.4) is 0 Å². The maximum atomic E-state index is 11.1. The molecule has 0 spiro atoms. The van der Waals surface area contributed by atoms with Gasteiger partial charge in [0.15, 0.2) is 6.10 Å². The predicted octanol–water partition coefficient (Wildman–Crippen LogP) is 1.49. The summed E-state index contributed by atoms with van der Waals surface area (Å²) in [6, 6.07) is 0. The summed E-state index contributed by atoms with van der Waals surface area (Å²) in [5.41, 5.74) is -0.508. The lowest BCUT2D eigenvalue weighted by Crippen LogP contribution is -2.31.